The van der Waals surface area contributed by atoms with Gasteiger partial charge in [-0.1, -0.05) is 57.0 Å². The second-order valence-corrected chi connectivity index (χ2v) is 11.3. The van der Waals surface area contributed by atoms with E-state index in [0.717, 1.165) is 35.4 Å². The van der Waals surface area contributed by atoms with Crippen molar-refractivity contribution in [3.05, 3.63) is 40.2 Å². The Bertz CT molecular complexity index is 868. The Morgan fingerprint density at radius 1 is 1.13 bits per heavy atom. The van der Waals surface area contributed by atoms with Gasteiger partial charge in [-0.3, -0.25) is 4.79 Å². The third kappa shape index (κ3) is 3.84. The first kappa shape index (κ1) is 20.2. The summed E-state index contributed by atoms with van der Waals surface area (Å²) in [4.78, 5) is 19.6. The lowest BCUT2D eigenvalue weighted by molar-refractivity contribution is -0.0167. The van der Waals surface area contributed by atoms with E-state index in [2.05, 4.69) is 43.4 Å². The summed E-state index contributed by atoms with van der Waals surface area (Å²) in [7, 11) is 0. The molecule has 1 N–H and O–H groups in total. The van der Waals surface area contributed by atoms with E-state index >= 15 is 0 Å². The molecule has 4 aliphatic rings. The molecule has 1 unspecified atom stereocenters. The van der Waals surface area contributed by atoms with E-state index in [1.54, 1.807) is 11.3 Å². The van der Waals surface area contributed by atoms with Crippen LogP contribution in [0.2, 0.25) is 0 Å². The van der Waals surface area contributed by atoms with Gasteiger partial charge in [-0.05, 0) is 68.6 Å². The lowest BCUT2D eigenvalue weighted by Crippen LogP contribution is -2.59. The molecule has 30 heavy (non-hydrogen) atoms. The van der Waals surface area contributed by atoms with Crippen LogP contribution in [0.25, 0.3) is 11.3 Å². The van der Waals surface area contributed by atoms with Gasteiger partial charge in [-0.25, -0.2) is 4.98 Å². The molecule has 0 radical (unpaired) electrons. The summed E-state index contributed by atoms with van der Waals surface area (Å²) in [6.45, 7) is 4.53. The first-order valence-electron chi connectivity index (χ1n) is 11.9. The molecule has 1 atom stereocenters. The summed E-state index contributed by atoms with van der Waals surface area (Å²) in [6, 6.07) is 10.4. The third-order valence-electron chi connectivity index (χ3n) is 7.75. The van der Waals surface area contributed by atoms with Crippen molar-refractivity contribution in [2.24, 2.45) is 17.8 Å². The molecule has 4 heteroatoms. The molecule has 4 aliphatic carbocycles. The highest BCUT2D eigenvalue weighted by atomic mass is 32.1. The number of hydrogen-bond donors (Lipinski definition) is 1. The van der Waals surface area contributed by atoms with E-state index in [0.29, 0.717) is 10.9 Å². The number of thiazole rings is 1. The molecule has 4 fully saturated rings. The molecule has 1 amide bonds. The van der Waals surface area contributed by atoms with E-state index in [-0.39, 0.29) is 11.4 Å². The fourth-order valence-electron chi connectivity index (χ4n) is 6.77. The fourth-order valence-corrected chi connectivity index (χ4v) is 7.83. The van der Waals surface area contributed by atoms with Crippen LogP contribution in [0.15, 0.2) is 30.3 Å². The second kappa shape index (κ2) is 8.11. The molecule has 2 aromatic rings. The Balaban J connectivity index is 1.41. The average molecular weight is 423 g/mol. The quantitative estimate of drug-likeness (QED) is 0.533. The zero-order valence-electron chi connectivity index (χ0n) is 18.3. The van der Waals surface area contributed by atoms with Gasteiger partial charge < -0.3 is 5.32 Å². The Kier molecular flexibility index (Phi) is 5.47. The molecule has 0 saturated heterocycles. The van der Waals surface area contributed by atoms with E-state index in [4.69, 9.17) is 4.98 Å². The van der Waals surface area contributed by atoms with Crippen LogP contribution in [-0.4, -0.2) is 16.4 Å². The van der Waals surface area contributed by atoms with Crippen LogP contribution in [0.4, 0.5) is 0 Å². The number of hydrogen-bond acceptors (Lipinski definition) is 3. The van der Waals surface area contributed by atoms with Gasteiger partial charge in [0.1, 0.15) is 0 Å². The summed E-state index contributed by atoms with van der Waals surface area (Å²) in [6.07, 6.45) is 11.3. The van der Waals surface area contributed by atoms with Crippen LogP contribution >= 0.6 is 11.3 Å². The molecule has 0 aliphatic heterocycles. The largest absolute Gasteiger partial charge is 0.345 e. The third-order valence-corrected chi connectivity index (χ3v) is 9.04. The highest BCUT2D eigenvalue weighted by Crippen LogP contribution is 2.55. The molecule has 1 heterocycles. The number of benzene rings is 1. The summed E-state index contributed by atoms with van der Waals surface area (Å²) < 4.78 is 0. The van der Waals surface area contributed by atoms with Crippen LogP contribution in [-0.2, 0) is 0 Å². The van der Waals surface area contributed by atoms with Crippen LogP contribution in [0.5, 0.6) is 0 Å². The van der Waals surface area contributed by atoms with Gasteiger partial charge in [-0.2, -0.15) is 0 Å². The van der Waals surface area contributed by atoms with Crippen molar-refractivity contribution in [3.63, 3.8) is 0 Å². The van der Waals surface area contributed by atoms with Crippen LogP contribution < -0.4 is 5.32 Å². The molecule has 4 saturated carbocycles. The number of carbonyl (C=O) groups excluding carboxylic acids is 1. The van der Waals surface area contributed by atoms with E-state index in [9.17, 15) is 4.79 Å². The smallest absolute Gasteiger partial charge is 0.280 e. The minimum Gasteiger partial charge on any atom is -0.345 e. The highest BCUT2D eigenvalue weighted by molar-refractivity contribution is 7.14. The van der Waals surface area contributed by atoms with Gasteiger partial charge in [-0.15, -0.1) is 11.3 Å². The van der Waals surface area contributed by atoms with Gasteiger partial charge in [0.25, 0.3) is 5.91 Å². The molecular weight excluding hydrogens is 388 g/mol. The first-order valence-corrected chi connectivity index (χ1v) is 12.8. The molecule has 160 valence electrons. The molecule has 6 rings (SSSR count). The minimum absolute atomic E-state index is 0.0401. The van der Waals surface area contributed by atoms with E-state index in [1.165, 1.54) is 56.2 Å². The molecular formula is C26H34N2OS. The van der Waals surface area contributed by atoms with Gasteiger partial charge in [0.05, 0.1) is 5.69 Å². The summed E-state index contributed by atoms with van der Waals surface area (Å²) in [5.41, 5.74) is 2.18. The van der Waals surface area contributed by atoms with Crippen LogP contribution in [0.1, 0.15) is 92.2 Å². The maximum Gasteiger partial charge on any atom is 0.280 e. The topological polar surface area (TPSA) is 42.0 Å². The summed E-state index contributed by atoms with van der Waals surface area (Å²) >= 11 is 1.63. The van der Waals surface area contributed by atoms with Gasteiger partial charge in [0, 0.05) is 16.0 Å². The Labute approximate surface area is 184 Å². The lowest BCUT2D eigenvalue weighted by Gasteiger charge is -2.56. The standard InChI is InChI=1S/C26H34N2OS/c1-3-4-8-17(2)23-22(21-9-6-5-7-10-21)27-25(30-23)24(29)28-26-14-18-11-19(15-26)13-20(12-18)16-26/h5-7,9-10,17-20H,3-4,8,11-16H2,1-2H3,(H,28,29). The number of nitrogens with zero attached hydrogens (tertiary/aromatic N) is 1. The average Bonchev–Trinajstić information content (AvgIpc) is 3.17. The molecule has 3 nitrogen and oxygen atoms in total. The van der Waals surface area contributed by atoms with Crippen LogP contribution in [0, 0.1) is 17.8 Å². The predicted molar refractivity (Wildman–Crippen MR) is 124 cm³/mol. The van der Waals surface area contributed by atoms with Crippen molar-refractivity contribution in [1.82, 2.24) is 10.3 Å². The number of amides is 1. The van der Waals surface area contributed by atoms with Crippen molar-refractivity contribution in [3.8, 4) is 11.3 Å². The molecule has 1 aromatic heterocycles. The van der Waals surface area contributed by atoms with Crippen molar-refractivity contribution in [2.75, 3.05) is 0 Å². The summed E-state index contributed by atoms with van der Waals surface area (Å²) in [5, 5.41) is 4.18. The zero-order chi connectivity index (χ0) is 20.7. The molecule has 0 spiro atoms. The normalized spacial score (nSPS) is 30.4. The Hall–Kier alpha value is -1.68. The van der Waals surface area contributed by atoms with Crippen LogP contribution in [0.3, 0.4) is 0 Å². The van der Waals surface area contributed by atoms with E-state index in [1.807, 2.05) is 6.07 Å². The highest BCUT2D eigenvalue weighted by Gasteiger charge is 2.51. The van der Waals surface area contributed by atoms with Crippen molar-refractivity contribution < 1.29 is 4.79 Å². The van der Waals surface area contributed by atoms with E-state index < -0.39 is 0 Å². The van der Waals surface area contributed by atoms with Crippen molar-refractivity contribution in [1.29, 1.82) is 0 Å². The lowest BCUT2D eigenvalue weighted by atomic mass is 9.53. The number of unbranched alkanes of at least 4 members (excludes halogenated alkanes) is 1. The maximum absolute atomic E-state index is 13.4. The Morgan fingerprint density at radius 3 is 2.37 bits per heavy atom. The molecule has 4 bridgehead atoms. The van der Waals surface area contributed by atoms with Crippen molar-refractivity contribution >= 4 is 17.2 Å². The van der Waals surface area contributed by atoms with Gasteiger partial charge >= 0.3 is 0 Å². The number of aromatic nitrogens is 1. The van der Waals surface area contributed by atoms with Gasteiger partial charge in [0.2, 0.25) is 0 Å². The van der Waals surface area contributed by atoms with Crippen molar-refractivity contribution in [2.45, 2.75) is 83.1 Å². The minimum atomic E-state index is 0.0401. The summed E-state index contributed by atoms with van der Waals surface area (Å²) in [5.74, 6) is 2.99. The fraction of sp³-hybridized carbons (Fsp3) is 0.615. The zero-order valence-corrected chi connectivity index (χ0v) is 19.1. The maximum atomic E-state index is 13.4. The number of rotatable bonds is 7. The predicted octanol–water partition coefficient (Wildman–Crippen LogP) is 6.80. The molecule has 1 aromatic carbocycles. The second-order valence-electron chi connectivity index (χ2n) is 10.3. The number of nitrogens with one attached hydrogen (secondary N) is 1. The van der Waals surface area contributed by atoms with Gasteiger partial charge in [0.15, 0.2) is 5.01 Å². The Morgan fingerprint density at radius 2 is 1.77 bits per heavy atom. The number of carbonyl (C=O) groups is 1. The SMILES string of the molecule is CCCCC(C)c1sc(C(=O)NC23CC4CC(CC(C4)C2)C3)nc1-c1ccccc1. The monoisotopic (exact) mass is 422 g/mol. The first-order chi connectivity index (χ1) is 14.5.